The SMILES string of the molecule is c1cncc(-n2c3ccccc3c3ccc(-c4cc5c6c(c4)c4ccccc4n6-c4nc6ccccc6nc4-c4ccccc4-5)cc32)c1. The maximum atomic E-state index is 5.29. The highest BCUT2D eigenvalue weighted by atomic mass is 15.1. The van der Waals surface area contributed by atoms with E-state index in [4.69, 9.17) is 9.97 Å². The van der Waals surface area contributed by atoms with Gasteiger partial charge in [0, 0.05) is 38.9 Å². The number of benzene rings is 6. The number of hydrogen-bond acceptors (Lipinski definition) is 3. The molecule has 1 aliphatic heterocycles. The largest absolute Gasteiger partial charge is 0.308 e. The lowest BCUT2D eigenvalue weighted by atomic mass is 9.92. The maximum absolute atomic E-state index is 5.29. The molecule has 6 aromatic carbocycles. The van der Waals surface area contributed by atoms with Gasteiger partial charge in [-0.05, 0) is 71.3 Å². The second-order valence-corrected chi connectivity index (χ2v) is 12.5. The molecule has 0 bridgehead atoms. The first kappa shape index (κ1) is 25.6. The molecule has 222 valence electrons. The molecule has 5 nitrogen and oxygen atoms in total. The van der Waals surface area contributed by atoms with E-state index in [2.05, 4.69) is 123 Å². The van der Waals surface area contributed by atoms with Crippen LogP contribution < -0.4 is 0 Å². The smallest absolute Gasteiger partial charge is 0.165 e. The first-order valence-corrected chi connectivity index (χ1v) is 16.2. The van der Waals surface area contributed by atoms with Crippen molar-refractivity contribution in [1.29, 1.82) is 0 Å². The maximum Gasteiger partial charge on any atom is 0.165 e. The Morgan fingerprint density at radius 1 is 0.438 bits per heavy atom. The van der Waals surface area contributed by atoms with Crippen molar-refractivity contribution < 1.29 is 0 Å². The van der Waals surface area contributed by atoms with Crippen LogP contribution in [0.3, 0.4) is 0 Å². The van der Waals surface area contributed by atoms with Crippen molar-refractivity contribution in [2.75, 3.05) is 0 Å². The number of aromatic nitrogens is 5. The second-order valence-electron chi connectivity index (χ2n) is 12.5. The quantitative estimate of drug-likeness (QED) is 0.195. The molecule has 4 aromatic heterocycles. The molecule has 0 radical (unpaired) electrons. The molecule has 0 N–H and O–H groups in total. The van der Waals surface area contributed by atoms with E-state index >= 15 is 0 Å². The average Bonchev–Trinajstić information content (AvgIpc) is 3.63. The Bertz CT molecular complexity index is 2950. The van der Waals surface area contributed by atoms with Crippen LogP contribution in [0.2, 0.25) is 0 Å². The van der Waals surface area contributed by atoms with Crippen LogP contribution >= 0.6 is 0 Å². The van der Waals surface area contributed by atoms with E-state index in [1.165, 1.54) is 32.6 Å². The predicted octanol–water partition coefficient (Wildman–Crippen LogP) is 10.5. The molecule has 11 rings (SSSR count). The van der Waals surface area contributed by atoms with Crippen LogP contribution in [0, 0.1) is 0 Å². The molecule has 0 fully saturated rings. The summed E-state index contributed by atoms with van der Waals surface area (Å²) < 4.78 is 4.66. The highest BCUT2D eigenvalue weighted by Gasteiger charge is 2.27. The Hall–Kier alpha value is -6.59. The van der Waals surface area contributed by atoms with Gasteiger partial charge in [-0.1, -0.05) is 84.9 Å². The Labute approximate surface area is 275 Å². The average molecular weight is 612 g/mol. The Morgan fingerprint density at radius 2 is 1.12 bits per heavy atom. The lowest BCUT2D eigenvalue weighted by molar-refractivity contribution is 1.09. The number of para-hydroxylation sites is 4. The lowest BCUT2D eigenvalue weighted by Gasteiger charge is -2.12. The van der Waals surface area contributed by atoms with Gasteiger partial charge < -0.3 is 4.57 Å². The van der Waals surface area contributed by atoms with Gasteiger partial charge in [0.2, 0.25) is 0 Å². The summed E-state index contributed by atoms with van der Waals surface area (Å²) >= 11 is 0. The Morgan fingerprint density at radius 3 is 1.94 bits per heavy atom. The second kappa shape index (κ2) is 9.47. The van der Waals surface area contributed by atoms with Gasteiger partial charge >= 0.3 is 0 Å². The predicted molar refractivity (Wildman–Crippen MR) is 196 cm³/mol. The topological polar surface area (TPSA) is 48.5 Å². The van der Waals surface area contributed by atoms with Crippen molar-refractivity contribution in [3.8, 4) is 45.0 Å². The summed E-state index contributed by atoms with van der Waals surface area (Å²) in [7, 11) is 0. The van der Waals surface area contributed by atoms with Crippen LogP contribution in [-0.2, 0) is 0 Å². The number of fused-ring (bicyclic) bond motifs is 12. The molecule has 0 atom stereocenters. The number of hydrogen-bond donors (Lipinski definition) is 0. The summed E-state index contributed by atoms with van der Waals surface area (Å²) in [5.41, 5.74) is 14.1. The third-order valence-electron chi connectivity index (χ3n) is 9.92. The Kier molecular flexibility index (Phi) is 5.05. The summed E-state index contributed by atoms with van der Waals surface area (Å²) in [4.78, 5) is 15.0. The van der Waals surface area contributed by atoms with Crippen LogP contribution in [0.15, 0.2) is 152 Å². The molecule has 0 spiro atoms. The normalized spacial score (nSPS) is 12.2. The molecule has 10 aromatic rings. The van der Waals surface area contributed by atoms with Crippen LogP contribution in [0.5, 0.6) is 0 Å². The molecule has 5 heteroatoms. The van der Waals surface area contributed by atoms with E-state index < -0.39 is 0 Å². The van der Waals surface area contributed by atoms with Gasteiger partial charge in [-0.2, -0.15) is 0 Å². The minimum absolute atomic E-state index is 0.862. The zero-order chi connectivity index (χ0) is 31.3. The fraction of sp³-hybridized carbons (Fsp3) is 0. The third kappa shape index (κ3) is 3.42. The molecular formula is C43H25N5. The molecule has 5 heterocycles. The fourth-order valence-corrected chi connectivity index (χ4v) is 7.86. The number of pyridine rings is 1. The van der Waals surface area contributed by atoms with E-state index in [0.29, 0.717) is 0 Å². The summed E-state index contributed by atoms with van der Waals surface area (Å²) in [6.45, 7) is 0. The van der Waals surface area contributed by atoms with Gasteiger partial charge in [-0.15, -0.1) is 0 Å². The lowest BCUT2D eigenvalue weighted by Crippen LogP contribution is -2.02. The monoisotopic (exact) mass is 611 g/mol. The molecule has 0 saturated heterocycles. The summed E-state index contributed by atoms with van der Waals surface area (Å²) in [6, 6.07) is 49.8. The fourth-order valence-electron chi connectivity index (χ4n) is 7.86. The standard InChI is InChI=1S/C43H25N5/c1-2-14-33-29(11-1)34-22-27(26-19-20-32-30-12-3-7-17-38(30)47(40(32)24-26)28-10-9-21-44-25-28)23-35-31-13-4-8-18-39(31)48(42(34)35)43-41(33)45-36-15-5-6-16-37(36)46-43/h1-25H. The summed E-state index contributed by atoms with van der Waals surface area (Å²) in [5, 5.41) is 4.84. The molecular weight excluding hydrogens is 587 g/mol. The number of rotatable bonds is 2. The van der Waals surface area contributed by atoms with E-state index in [-0.39, 0.29) is 0 Å². The molecule has 1 aliphatic rings. The molecule has 48 heavy (non-hydrogen) atoms. The van der Waals surface area contributed by atoms with Gasteiger partial charge in [-0.3, -0.25) is 9.55 Å². The minimum Gasteiger partial charge on any atom is -0.308 e. The highest BCUT2D eigenvalue weighted by Crippen LogP contribution is 2.48. The first-order chi connectivity index (χ1) is 23.8. The van der Waals surface area contributed by atoms with Gasteiger partial charge in [-0.25, -0.2) is 9.97 Å². The highest BCUT2D eigenvalue weighted by molar-refractivity contribution is 6.18. The third-order valence-corrected chi connectivity index (χ3v) is 9.92. The van der Waals surface area contributed by atoms with Crippen LogP contribution in [0.25, 0.3) is 99.7 Å². The summed E-state index contributed by atoms with van der Waals surface area (Å²) in [6.07, 6.45) is 3.76. The zero-order valence-electron chi connectivity index (χ0n) is 25.7. The number of nitrogens with zero attached hydrogens (tertiary/aromatic N) is 5. The molecule has 0 aliphatic carbocycles. The molecule has 0 saturated carbocycles. The zero-order valence-corrected chi connectivity index (χ0v) is 25.7. The van der Waals surface area contributed by atoms with Gasteiger partial charge in [0.1, 0.15) is 5.69 Å². The summed E-state index contributed by atoms with van der Waals surface area (Å²) in [5.74, 6) is 0.862. The van der Waals surface area contributed by atoms with Crippen molar-refractivity contribution in [2.24, 2.45) is 0 Å². The Balaban J connectivity index is 1.26. The van der Waals surface area contributed by atoms with Crippen LogP contribution in [-0.4, -0.2) is 24.1 Å². The first-order valence-electron chi connectivity index (χ1n) is 16.2. The van der Waals surface area contributed by atoms with E-state index in [1.54, 1.807) is 0 Å². The molecule has 0 unspecified atom stereocenters. The van der Waals surface area contributed by atoms with Crippen molar-refractivity contribution in [2.45, 2.75) is 0 Å². The van der Waals surface area contributed by atoms with E-state index in [9.17, 15) is 0 Å². The van der Waals surface area contributed by atoms with Crippen LogP contribution in [0.4, 0.5) is 0 Å². The minimum atomic E-state index is 0.862. The van der Waals surface area contributed by atoms with Crippen LogP contribution in [0.1, 0.15) is 0 Å². The van der Waals surface area contributed by atoms with Gasteiger partial charge in [0.15, 0.2) is 5.82 Å². The van der Waals surface area contributed by atoms with Crippen molar-refractivity contribution in [3.63, 3.8) is 0 Å². The molecule has 0 amide bonds. The van der Waals surface area contributed by atoms with Gasteiger partial charge in [0.25, 0.3) is 0 Å². The van der Waals surface area contributed by atoms with Crippen molar-refractivity contribution >= 4 is 54.6 Å². The van der Waals surface area contributed by atoms with Gasteiger partial charge in [0.05, 0.1) is 45.0 Å². The van der Waals surface area contributed by atoms with Crippen molar-refractivity contribution in [1.82, 2.24) is 24.1 Å². The van der Waals surface area contributed by atoms with E-state index in [1.807, 2.05) is 42.7 Å². The van der Waals surface area contributed by atoms with E-state index in [0.717, 1.165) is 67.0 Å². The van der Waals surface area contributed by atoms with Crippen molar-refractivity contribution in [3.05, 3.63) is 152 Å².